The minimum absolute atomic E-state index is 0.0542. The van der Waals surface area contributed by atoms with Crippen molar-refractivity contribution >= 4 is 21.8 Å². The number of carbonyl (C=O) groups excluding carboxylic acids is 2. The van der Waals surface area contributed by atoms with E-state index in [0.717, 1.165) is 38.8 Å². The number of sulfonamides is 1. The molecule has 0 aromatic heterocycles. The highest BCUT2D eigenvalue weighted by atomic mass is 32.2. The normalized spacial score (nSPS) is 17.6. The van der Waals surface area contributed by atoms with Crippen LogP contribution in [-0.4, -0.2) is 75.4 Å². The average Bonchev–Trinajstić information content (AvgIpc) is 3.01. The Morgan fingerprint density at radius 3 is 2.48 bits per heavy atom. The minimum Gasteiger partial charge on any atom is -0.379 e. The first-order valence-electron chi connectivity index (χ1n) is 10.2. The molecule has 1 fully saturated rings. The quantitative estimate of drug-likeness (QED) is 0.452. The molecule has 0 bridgehead atoms. The molecular weight excluding hydrogens is 394 g/mol. The zero-order valence-corrected chi connectivity index (χ0v) is 17.7. The number of unbranched alkanes of at least 4 members (excludes halogenated alkanes) is 3. The summed E-state index contributed by atoms with van der Waals surface area (Å²) in [6, 6.07) is 4.15. The van der Waals surface area contributed by atoms with E-state index in [1.807, 2.05) is 0 Å². The van der Waals surface area contributed by atoms with Crippen molar-refractivity contribution in [2.24, 2.45) is 0 Å². The van der Waals surface area contributed by atoms with E-state index in [0.29, 0.717) is 32.8 Å². The van der Waals surface area contributed by atoms with E-state index in [2.05, 4.69) is 17.1 Å². The number of nitrogens with zero attached hydrogens (tertiary/aromatic N) is 2. The number of amides is 2. The van der Waals surface area contributed by atoms with Crippen LogP contribution in [0.2, 0.25) is 0 Å². The second-order valence-electron chi connectivity index (χ2n) is 7.41. The number of hydrogen-bond acceptors (Lipinski definition) is 6. The van der Waals surface area contributed by atoms with Crippen molar-refractivity contribution in [1.82, 2.24) is 14.5 Å². The first-order chi connectivity index (χ1) is 13.9. The van der Waals surface area contributed by atoms with Crippen LogP contribution in [0, 0.1) is 0 Å². The van der Waals surface area contributed by atoms with Crippen LogP contribution in [0.3, 0.4) is 0 Å². The smallest absolute Gasteiger partial charge is 0.258 e. The molecule has 8 nitrogen and oxygen atoms in total. The number of rotatable bonds is 10. The molecule has 2 aliphatic heterocycles. The summed E-state index contributed by atoms with van der Waals surface area (Å²) in [7, 11) is -3.77. The van der Waals surface area contributed by atoms with Gasteiger partial charge in [-0.3, -0.25) is 19.8 Å². The molecule has 0 saturated carbocycles. The van der Waals surface area contributed by atoms with Crippen LogP contribution in [-0.2, 0) is 14.8 Å². The van der Waals surface area contributed by atoms with Crippen LogP contribution < -0.4 is 5.32 Å². The highest BCUT2D eigenvalue weighted by Gasteiger charge is 2.31. The fraction of sp³-hybridized carbons (Fsp3) is 0.600. The lowest BCUT2D eigenvalue weighted by Crippen LogP contribution is -2.43. The van der Waals surface area contributed by atoms with E-state index in [9.17, 15) is 18.0 Å². The third kappa shape index (κ3) is 5.22. The summed E-state index contributed by atoms with van der Waals surface area (Å²) in [6.07, 6.45) is 3.91. The molecule has 1 aromatic carbocycles. The van der Waals surface area contributed by atoms with Crippen LogP contribution in [0.5, 0.6) is 0 Å². The molecule has 0 radical (unpaired) electrons. The van der Waals surface area contributed by atoms with Crippen LogP contribution in [0.4, 0.5) is 0 Å². The lowest BCUT2D eigenvalue weighted by molar-refractivity contribution is 0.0362. The van der Waals surface area contributed by atoms with E-state index in [4.69, 9.17) is 4.74 Å². The predicted octanol–water partition coefficient (Wildman–Crippen LogP) is 1.47. The van der Waals surface area contributed by atoms with Crippen molar-refractivity contribution in [3.8, 4) is 0 Å². The molecule has 2 heterocycles. The lowest BCUT2D eigenvalue weighted by Gasteiger charge is -2.29. The Labute approximate surface area is 172 Å². The second-order valence-corrected chi connectivity index (χ2v) is 9.35. The Balaban J connectivity index is 1.77. The van der Waals surface area contributed by atoms with Gasteiger partial charge in [-0.15, -0.1) is 0 Å². The summed E-state index contributed by atoms with van der Waals surface area (Å²) in [5.41, 5.74) is 0.340. The number of nitrogens with one attached hydrogen (secondary N) is 1. The van der Waals surface area contributed by atoms with Gasteiger partial charge in [0.2, 0.25) is 10.0 Å². The Kier molecular flexibility index (Phi) is 7.39. The maximum absolute atomic E-state index is 13.3. The molecule has 0 atom stereocenters. The first-order valence-corrected chi connectivity index (χ1v) is 11.7. The number of ether oxygens (including phenoxy) is 1. The number of morpholine rings is 1. The highest BCUT2D eigenvalue weighted by molar-refractivity contribution is 7.89. The molecular formula is C20H29N3O5S. The Morgan fingerprint density at radius 1 is 1.03 bits per heavy atom. The molecule has 9 heteroatoms. The van der Waals surface area contributed by atoms with Crippen molar-refractivity contribution in [2.75, 3.05) is 45.9 Å². The maximum atomic E-state index is 13.3. The first kappa shape index (κ1) is 21.9. The van der Waals surface area contributed by atoms with E-state index in [1.165, 1.54) is 22.5 Å². The van der Waals surface area contributed by atoms with Gasteiger partial charge in [0.25, 0.3) is 11.8 Å². The van der Waals surface area contributed by atoms with E-state index in [-0.39, 0.29) is 16.0 Å². The molecule has 1 saturated heterocycles. The Hall–Kier alpha value is -1.81. The third-order valence-corrected chi connectivity index (χ3v) is 7.27. The van der Waals surface area contributed by atoms with Gasteiger partial charge in [0.05, 0.1) is 29.2 Å². The van der Waals surface area contributed by atoms with E-state index in [1.54, 1.807) is 0 Å². The number of carbonyl (C=O) groups is 2. The van der Waals surface area contributed by atoms with Gasteiger partial charge in [0.15, 0.2) is 0 Å². The van der Waals surface area contributed by atoms with Gasteiger partial charge in [0, 0.05) is 32.7 Å². The highest BCUT2D eigenvalue weighted by Crippen LogP contribution is 2.23. The van der Waals surface area contributed by atoms with Crippen molar-refractivity contribution in [3.63, 3.8) is 0 Å². The molecule has 3 rings (SSSR count). The second kappa shape index (κ2) is 9.80. The lowest BCUT2D eigenvalue weighted by atomic mass is 10.1. The summed E-state index contributed by atoms with van der Waals surface area (Å²) in [5.74, 6) is -1.04. The van der Waals surface area contributed by atoms with Gasteiger partial charge < -0.3 is 4.74 Å². The van der Waals surface area contributed by atoms with Crippen molar-refractivity contribution in [2.45, 2.75) is 37.5 Å². The topological polar surface area (TPSA) is 96.0 Å². The standard InChI is InChI=1S/C20H29N3O5S/c1-2-3-4-5-8-23(10-9-22-11-13-28-14-12-22)29(26,27)16-6-7-17-18(15-16)20(25)21-19(17)24/h6-7,15H,2-5,8-14H2,1H3,(H,21,24,25). The molecule has 29 heavy (non-hydrogen) atoms. The van der Waals surface area contributed by atoms with Gasteiger partial charge >= 0.3 is 0 Å². The molecule has 1 N–H and O–H groups in total. The Morgan fingerprint density at radius 2 is 1.76 bits per heavy atom. The third-order valence-electron chi connectivity index (χ3n) is 5.38. The van der Waals surface area contributed by atoms with Crippen LogP contribution in [0.1, 0.15) is 53.3 Å². The molecule has 160 valence electrons. The molecule has 2 amide bonds. The molecule has 0 spiro atoms. The van der Waals surface area contributed by atoms with E-state index >= 15 is 0 Å². The summed E-state index contributed by atoms with van der Waals surface area (Å²) >= 11 is 0. The van der Waals surface area contributed by atoms with Gasteiger partial charge in [-0.05, 0) is 24.6 Å². The summed E-state index contributed by atoms with van der Waals surface area (Å²) in [6.45, 7) is 6.50. The van der Waals surface area contributed by atoms with Gasteiger partial charge in [0.1, 0.15) is 0 Å². The van der Waals surface area contributed by atoms with Crippen molar-refractivity contribution in [1.29, 1.82) is 0 Å². The minimum atomic E-state index is -3.77. The SMILES string of the molecule is CCCCCCN(CCN1CCOCC1)S(=O)(=O)c1ccc2c(c1)C(=O)NC2=O. The molecule has 1 aromatic rings. The van der Waals surface area contributed by atoms with Gasteiger partial charge in [-0.1, -0.05) is 26.2 Å². The fourth-order valence-electron chi connectivity index (χ4n) is 3.60. The Bertz CT molecular complexity index is 850. The maximum Gasteiger partial charge on any atom is 0.258 e. The van der Waals surface area contributed by atoms with Crippen LogP contribution in [0.15, 0.2) is 23.1 Å². The van der Waals surface area contributed by atoms with Crippen LogP contribution >= 0.6 is 0 Å². The zero-order valence-electron chi connectivity index (χ0n) is 16.9. The van der Waals surface area contributed by atoms with Crippen molar-refractivity contribution < 1.29 is 22.7 Å². The summed E-state index contributed by atoms with van der Waals surface area (Å²) < 4.78 is 33.5. The average molecular weight is 424 g/mol. The van der Waals surface area contributed by atoms with Gasteiger partial charge in [-0.2, -0.15) is 4.31 Å². The molecule has 2 aliphatic rings. The zero-order chi connectivity index (χ0) is 20.9. The number of hydrogen-bond donors (Lipinski definition) is 1. The monoisotopic (exact) mass is 423 g/mol. The largest absolute Gasteiger partial charge is 0.379 e. The van der Waals surface area contributed by atoms with Gasteiger partial charge in [-0.25, -0.2) is 8.42 Å². The summed E-state index contributed by atoms with van der Waals surface area (Å²) in [5, 5.41) is 2.20. The predicted molar refractivity (Wildman–Crippen MR) is 108 cm³/mol. The van der Waals surface area contributed by atoms with Crippen LogP contribution in [0.25, 0.3) is 0 Å². The number of fused-ring (bicyclic) bond motifs is 1. The van der Waals surface area contributed by atoms with Crippen molar-refractivity contribution in [3.05, 3.63) is 29.3 Å². The number of benzene rings is 1. The summed E-state index contributed by atoms with van der Waals surface area (Å²) in [4.78, 5) is 25.9. The molecule has 0 unspecified atom stereocenters. The fourth-order valence-corrected chi connectivity index (χ4v) is 5.10. The molecule has 0 aliphatic carbocycles. The van der Waals surface area contributed by atoms with E-state index < -0.39 is 21.8 Å². The number of imide groups is 1.